The van der Waals surface area contributed by atoms with Gasteiger partial charge in [0, 0.05) is 3.92 Å². The van der Waals surface area contributed by atoms with Crippen LogP contribution in [0.3, 0.4) is 0 Å². The summed E-state index contributed by atoms with van der Waals surface area (Å²) in [6.07, 6.45) is 8.20. The van der Waals surface area contributed by atoms with Crippen LogP contribution in [0.2, 0.25) is 0 Å². The van der Waals surface area contributed by atoms with E-state index in [-0.39, 0.29) is 28.5 Å². The number of halogens is 1. The summed E-state index contributed by atoms with van der Waals surface area (Å²) >= 11 is 2.28. The summed E-state index contributed by atoms with van der Waals surface area (Å²) in [7, 11) is 0. The van der Waals surface area contributed by atoms with Crippen LogP contribution >= 0.6 is 22.6 Å². The standard InChI is InChI=1S/C5H4I.3CO.CH3.W/c6-5-3-1-2-4-5;3*1-2;;/h1-4H;;;;1H3;/q;;;;-1;+2. The molecule has 0 aromatic carbocycles. The molecule has 0 heterocycles. The van der Waals surface area contributed by atoms with E-state index in [1.165, 1.54) is 3.92 Å². The molecule has 0 spiro atoms. The van der Waals surface area contributed by atoms with Gasteiger partial charge in [-0.1, -0.05) is 22.6 Å². The molecule has 0 saturated heterocycles. The van der Waals surface area contributed by atoms with E-state index in [4.69, 9.17) is 14.0 Å². The molecule has 1 rings (SSSR count). The van der Waals surface area contributed by atoms with Crippen molar-refractivity contribution in [3.05, 3.63) is 57.0 Å². The van der Waals surface area contributed by atoms with Gasteiger partial charge in [0.15, 0.2) is 0 Å². The Morgan fingerprint density at radius 3 is 1.14 bits per heavy atom. The second-order valence-electron chi connectivity index (χ2n) is 1.10. The number of hydrogen-bond donors (Lipinski definition) is 0. The molecule has 0 amide bonds. The fourth-order valence-corrected chi connectivity index (χ4v) is 0.766. The van der Waals surface area contributed by atoms with E-state index in [1.54, 1.807) is 0 Å². The van der Waals surface area contributed by atoms with Crippen LogP contribution in [0.1, 0.15) is 0 Å². The Hall–Kier alpha value is 0.638. The van der Waals surface area contributed by atoms with Gasteiger partial charge in [0.1, 0.15) is 0 Å². The molecule has 0 atom stereocenters. The second-order valence-corrected chi connectivity index (χ2v) is 2.35. The Morgan fingerprint density at radius 2 is 1.07 bits per heavy atom. The first-order valence-electron chi connectivity index (χ1n) is 2.38. The molecule has 5 heteroatoms. The molecule has 5 radical (unpaired) electrons. The summed E-state index contributed by atoms with van der Waals surface area (Å²) in [6, 6.07) is 0. The van der Waals surface area contributed by atoms with Crippen molar-refractivity contribution in [3.63, 3.8) is 0 Å². The molecular formula is C9H7IO3W+. The Labute approximate surface area is 114 Å². The van der Waals surface area contributed by atoms with E-state index < -0.39 is 0 Å². The minimum Gasteiger partial charge on any atom is -0.358 e. The van der Waals surface area contributed by atoms with Crippen molar-refractivity contribution in [2.24, 2.45) is 0 Å². The second kappa shape index (κ2) is 37.3. The maximum absolute atomic E-state index is 7.50. The number of hydrogen-bond acceptors (Lipinski definition) is 0. The van der Waals surface area contributed by atoms with Gasteiger partial charge in [-0.2, -0.15) is 0 Å². The largest absolute Gasteiger partial charge is 2.00 e. The summed E-state index contributed by atoms with van der Waals surface area (Å²) < 4.78 is 23.8. The average molecular weight is 474 g/mol. The molecule has 1 saturated carbocycles. The van der Waals surface area contributed by atoms with Crippen LogP contribution in [-0.4, -0.2) is 0 Å². The van der Waals surface area contributed by atoms with Crippen LogP contribution in [0, 0.1) is 57.0 Å². The third-order valence-corrected chi connectivity index (χ3v) is 1.34. The molecule has 14 heavy (non-hydrogen) atoms. The predicted octanol–water partition coefficient (Wildman–Crippen LogP) is 2.12. The van der Waals surface area contributed by atoms with E-state index in [0.29, 0.717) is 0 Å². The fraction of sp³-hybridized carbons (Fsp3) is 0. The van der Waals surface area contributed by atoms with E-state index in [2.05, 4.69) is 55.4 Å². The zero-order chi connectivity index (χ0) is 10.4. The van der Waals surface area contributed by atoms with Gasteiger partial charge in [-0.25, -0.2) is 0 Å². The summed E-state index contributed by atoms with van der Waals surface area (Å²) in [5.41, 5.74) is 0. The van der Waals surface area contributed by atoms with Crippen molar-refractivity contribution < 1.29 is 35.0 Å². The maximum Gasteiger partial charge on any atom is 2.00 e. The van der Waals surface area contributed by atoms with Crippen LogP contribution in [-0.2, 0) is 35.0 Å². The molecule has 0 unspecified atom stereocenters. The molecule has 1 aliphatic rings. The van der Waals surface area contributed by atoms with E-state index >= 15 is 0 Å². The number of rotatable bonds is 0. The van der Waals surface area contributed by atoms with Crippen molar-refractivity contribution in [1.29, 1.82) is 0 Å². The van der Waals surface area contributed by atoms with Gasteiger partial charge < -0.3 is 7.43 Å². The summed E-state index contributed by atoms with van der Waals surface area (Å²) in [5, 5.41) is 0. The van der Waals surface area contributed by atoms with Crippen LogP contribution in [0.4, 0.5) is 0 Å². The van der Waals surface area contributed by atoms with Crippen molar-refractivity contribution in [2.75, 3.05) is 0 Å². The van der Waals surface area contributed by atoms with E-state index in [1.807, 2.05) is 12.8 Å². The Bertz CT molecular complexity index is 113. The molecule has 0 aliphatic heterocycles. The monoisotopic (exact) mass is 474 g/mol. The Balaban J connectivity index is -0.0000000300. The molecule has 1 fully saturated rings. The van der Waals surface area contributed by atoms with Gasteiger partial charge in [-0.3, -0.25) is 0 Å². The van der Waals surface area contributed by atoms with Crippen LogP contribution < -0.4 is 0 Å². The van der Waals surface area contributed by atoms with Crippen molar-refractivity contribution >= 4 is 22.6 Å². The predicted molar refractivity (Wildman–Crippen MR) is 52.7 cm³/mol. The maximum atomic E-state index is 7.50. The Kier molecular flexibility index (Phi) is 78.2. The smallest absolute Gasteiger partial charge is 0.358 e. The van der Waals surface area contributed by atoms with Gasteiger partial charge in [-0.15, -0.1) is 0 Å². The van der Waals surface area contributed by atoms with Crippen LogP contribution in [0.15, 0.2) is 0 Å². The zero-order valence-corrected chi connectivity index (χ0v) is 12.4. The van der Waals surface area contributed by atoms with Gasteiger partial charge in [0.2, 0.25) is 0 Å². The minimum absolute atomic E-state index is 0. The Morgan fingerprint density at radius 1 is 0.857 bits per heavy atom. The van der Waals surface area contributed by atoms with Crippen molar-refractivity contribution in [2.45, 2.75) is 0 Å². The van der Waals surface area contributed by atoms with E-state index in [9.17, 15) is 0 Å². The third kappa shape index (κ3) is 29.3. The van der Waals surface area contributed by atoms with Crippen molar-refractivity contribution in [3.8, 4) is 0 Å². The molecule has 0 aromatic heterocycles. The van der Waals surface area contributed by atoms with Crippen LogP contribution in [0.25, 0.3) is 0 Å². The van der Waals surface area contributed by atoms with E-state index in [0.717, 1.165) is 0 Å². The average Bonchev–Trinajstić information content (AvgIpc) is 2.66. The van der Waals surface area contributed by atoms with Crippen molar-refractivity contribution in [1.82, 2.24) is 0 Å². The normalized spacial score (nSPS) is 11.4. The first-order valence-corrected chi connectivity index (χ1v) is 3.46. The molecular weight excluding hydrogens is 467 g/mol. The molecule has 0 aromatic rings. The minimum atomic E-state index is 0. The summed E-state index contributed by atoms with van der Waals surface area (Å²) in [5.74, 6) is 0. The summed E-state index contributed by atoms with van der Waals surface area (Å²) in [4.78, 5) is 0. The van der Waals surface area contributed by atoms with Gasteiger partial charge in [-0.05, 0) is 25.7 Å². The van der Waals surface area contributed by atoms with Crippen LogP contribution in [0.5, 0.6) is 0 Å². The SMILES string of the molecule is I[C]1[CH][CH][CH][CH]1.[C-]#[O+].[C-]#[O+].[C-]#[O+].[CH3-].[W+2]. The molecule has 73 valence electrons. The summed E-state index contributed by atoms with van der Waals surface area (Å²) in [6.45, 7) is 13.5. The first kappa shape index (κ1) is 29.3. The molecule has 0 N–H and O–H groups in total. The zero-order valence-electron chi connectivity index (χ0n) is 7.32. The fourth-order valence-electron chi connectivity index (χ4n) is 0.351. The third-order valence-electron chi connectivity index (χ3n) is 0.622. The van der Waals surface area contributed by atoms with Gasteiger partial charge in [0.05, 0.1) is 0 Å². The molecule has 0 bridgehead atoms. The molecule has 1 aliphatic carbocycles. The quantitative estimate of drug-likeness (QED) is 0.294. The topological polar surface area (TPSA) is 59.7 Å². The molecule has 3 nitrogen and oxygen atoms in total. The van der Waals surface area contributed by atoms with Gasteiger partial charge in [0.25, 0.3) is 0 Å². The first-order chi connectivity index (χ1) is 5.89. The van der Waals surface area contributed by atoms with Gasteiger partial charge >= 0.3 is 55.0 Å².